The van der Waals surface area contributed by atoms with E-state index in [0.717, 1.165) is 22.7 Å². The van der Waals surface area contributed by atoms with E-state index in [9.17, 15) is 0 Å². The van der Waals surface area contributed by atoms with Crippen molar-refractivity contribution in [1.82, 2.24) is 4.57 Å². The average molecular weight is 845 g/mol. The van der Waals surface area contributed by atoms with Crippen molar-refractivity contribution in [3.8, 4) is 39.1 Å². The molecule has 0 bridgehead atoms. The van der Waals surface area contributed by atoms with Gasteiger partial charge in [0.25, 0.3) is 0 Å². The fourth-order valence-electron chi connectivity index (χ4n) is 10.7. The second kappa shape index (κ2) is 15.8. The van der Waals surface area contributed by atoms with Crippen molar-refractivity contribution >= 4 is 38.9 Å². The molecule has 314 valence electrons. The molecule has 2 nitrogen and oxygen atoms in total. The molecule has 0 saturated heterocycles. The van der Waals surface area contributed by atoms with E-state index in [1.54, 1.807) is 0 Å². The summed E-state index contributed by atoms with van der Waals surface area (Å²) in [5.41, 5.74) is 22.4. The number of hydrogen-bond donors (Lipinski definition) is 0. The van der Waals surface area contributed by atoms with Crippen LogP contribution < -0.4 is 4.90 Å². The van der Waals surface area contributed by atoms with E-state index in [0.29, 0.717) is 0 Å². The summed E-state index contributed by atoms with van der Waals surface area (Å²) in [6.45, 7) is 6.53. The molecular formula is C64H48N2. The van der Waals surface area contributed by atoms with Crippen LogP contribution in [0.25, 0.3) is 60.9 Å². The molecule has 0 N–H and O–H groups in total. The van der Waals surface area contributed by atoms with E-state index in [1.807, 2.05) is 0 Å². The molecule has 2 heteroatoms. The summed E-state index contributed by atoms with van der Waals surface area (Å²) in [6, 6.07) is 87.9. The molecule has 0 atom stereocenters. The van der Waals surface area contributed by atoms with Gasteiger partial charge in [-0.05, 0) is 149 Å². The highest BCUT2D eigenvalue weighted by Gasteiger charge is 2.46. The second-order valence-electron chi connectivity index (χ2n) is 18.0. The number of aryl methyl sites for hydroxylation is 3. The molecule has 0 fully saturated rings. The summed E-state index contributed by atoms with van der Waals surface area (Å²) in [4.78, 5) is 2.42. The van der Waals surface area contributed by atoms with Crippen molar-refractivity contribution in [3.63, 3.8) is 0 Å². The molecule has 12 rings (SSSR count). The third-order valence-electron chi connectivity index (χ3n) is 13.9. The van der Waals surface area contributed by atoms with Crippen molar-refractivity contribution in [3.05, 3.63) is 276 Å². The lowest BCUT2D eigenvalue weighted by molar-refractivity contribution is 0.767. The van der Waals surface area contributed by atoms with Gasteiger partial charge in [0.2, 0.25) is 0 Å². The molecule has 0 amide bonds. The molecular weight excluding hydrogens is 797 g/mol. The molecule has 0 unspecified atom stereocenters. The second-order valence-corrected chi connectivity index (χ2v) is 18.0. The fraction of sp³-hybridized carbons (Fsp3) is 0.0625. The van der Waals surface area contributed by atoms with Crippen LogP contribution in [0, 0.1) is 20.8 Å². The van der Waals surface area contributed by atoms with E-state index in [1.165, 1.54) is 94.1 Å². The summed E-state index contributed by atoms with van der Waals surface area (Å²) in [5.74, 6) is 0. The highest BCUT2D eigenvalue weighted by molar-refractivity contribution is 6.10. The maximum Gasteiger partial charge on any atom is 0.0715 e. The molecule has 1 aromatic heterocycles. The molecule has 10 aromatic carbocycles. The van der Waals surface area contributed by atoms with E-state index in [4.69, 9.17) is 0 Å². The number of hydrogen-bond acceptors (Lipinski definition) is 1. The zero-order chi connectivity index (χ0) is 44.4. The van der Waals surface area contributed by atoms with Crippen LogP contribution in [0.5, 0.6) is 0 Å². The zero-order valence-electron chi connectivity index (χ0n) is 37.4. The van der Waals surface area contributed by atoms with Gasteiger partial charge in [0.05, 0.1) is 16.4 Å². The van der Waals surface area contributed by atoms with Crippen LogP contribution in [0.3, 0.4) is 0 Å². The quantitative estimate of drug-likeness (QED) is 0.148. The number of aromatic nitrogens is 1. The van der Waals surface area contributed by atoms with Crippen molar-refractivity contribution in [2.45, 2.75) is 26.2 Å². The summed E-state index contributed by atoms with van der Waals surface area (Å²) in [5, 5.41) is 2.56. The first-order valence-corrected chi connectivity index (χ1v) is 23.0. The summed E-state index contributed by atoms with van der Waals surface area (Å²) in [6.07, 6.45) is 0. The van der Waals surface area contributed by atoms with Crippen molar-refractivity contribution in [1.29, 1.82) is 0 Å². The molecule has 0 saturated carbocycles. The Morgan fingerprint density at radius 2 is 0.742 bits per heavy atom. The predicted octanol–water partition coefficient (Wildman–Crippen LogP) is 16.9. The zero-order valence-corrected chi connectivity index (χ0v) is 37.4. The summed E-state index contributed by atoms with van der Waals surface area (Å²) in [7, 11) is 0. The van der Waals surface area contributed by atoms with Gasteiger partial charge in [-0.15, -0.1) is 0 Å². The molecule has 11 aromatic rings. The van der Waals surface area contributed by atoms with Crippen LogP contribution in [0.15, 0.2) is 237 Å². The number of anilines is 3. The first-order valence-electron chi connectivity index (χ1n) is 23.0. The number of rotatable bonds is 8. The summed E-state index contributed by atoms with van der Waals surface area (Å²) < 4.78 is 2.47. The van der Waals surface area contributed by atoms with Gasteiger partial charge in [-0.3, -0.25) is 0 Å². The molecule has 1 aliphatic rings. The normalized spacial score (nSPS) is 12.6. The maximum absolute atomic E-state index is 2.48. The Hall–Kier alpha value is -8.20. The van der Waals surface area contributed by atoms with Gasteiger partial charge in [-0.2, -0.15) is 0 Å². The molecule has 1 aliphatic carbocycles. The summed E-state index contributed by atoms with van der Waals surface area (Å²) >= 11 is 0. The minimum atomic E-state index is -0.611. The highest BCUT2D eigenvalue weighted by Crippen LogP contribution is 2.58. The van der Waals surface area contributed by atoms with Crippen molar-refractivity contribution < 1.29 is 0 Å². The van der Waals surface area contributed by atoms with Crippen LogP contribution >= 0.6 is 0 Å². The highest BCUT2D eigenvalue weighted by atomic mass is 15.1. The number of benzene rings is 10. The smallest absolute Gasteiger partial charge is 0.0715 e. The van der Waals surface area contributed by atoms with Gasteiger partial charge in [-0.1, -0.05) is 180 Å². The Bertz CT molecular complexity index is 3470. The van der Waals surface area contributed by atoms with Gasteiger partial charge in [-0.25, -0.2) is 0 Å². The minimum absolute atomic E-state index is 0.611. The molecule has 1 heterocycles. The lowest BCUT2D eigenvalue weighted by Gasteiger charge is -2.35. The minimum Gasteiger partial charge on any atom is -0.310 e. The van der Waals surface area contributed by atoms with E-state index in [-0.39, 0.29) is 0 Å². The Balaban J connectivity index is 1.05. The Morgan fingerprint density at radius 1 is 0.333 bits per heavy atom. The van der Waals surface area contributed by atoms with E-state index in [2.05, 4.69) is 267 Å². The molecule has 66 heavy (non-hydrogen) atoms. The number of nitrogens with zero attached hydrogens (tertiary/aromatic N) is 2. The molecule has 0 radical (unpaired) electrons. The van der Waals surface area contributed by atoms with Crippen LogP contribution in [0.4, 0.5) is 17.1 Å². The van der Waals surface area contributed by atoms with Crippen molar-refractivity contribution in [2.24, 2.45) is 0 Å². The van der Waals surface area contributed by atoms with Crippen LogP contribution in [-0.4, -0.2) is 4.57 Å². The van der Waals surface area contributed by atoms with Crippen LogP contribution in [0.2, 0.25) is 0 Å². The molecule has 0 spiro atoms. The third kappa shape index (κ3) is 6.40. The Morgan fingerprint density at radius 3 is 1.27 bits per heavy atom. The monoisotopic (exact) mass is 844 g/mol. The lowest BCUT2D eigenvalue weighted by atomic mass is 9.67. The topological polar surface area (TPSA) is 8.17 Å². The third-order valence-corrected chi connectivity index (χ3v) is 13.9. The van der Waals surface area contributed by atoms with E-state index >= 15 is 0 Å². The lowest BCUT2D eigenvalue weighted by Crippen LogP contribution is -2.29. The van der Waals surface area contributed by atoms with Gasteiger partial charge < -0.3 is 9.47 Å². The van der Waals surface area contributed by atoms with Gasteiger partial charge in [0.1, 0.15) is 0 Å². The SMILES string of the molecule is Cc1ccc(N(c2ccc(-c3ccc(-c4ccccc4)cc3)cc2)c2ccc3c(c2)C(c2ccccc2)(c2ccccc2)c2cc(-n4c5ccc(C)cc5c5cc(C)ccc54)ccc2-3)cc1. The first kappa shape index (κ1) is 39.4. The van der Waals surface area contributed by atoms with Gasteiger partial charge >= 0.3 is 0 Å². The number of fused-ring (bicyclic) bond motifs is 6. The largest absolute Gasteiger partial charge is 0.310 e. The predicted molar refractivity (Wildman–Crippen MR) is 278 cm³/mol. The molecule has 0 aliphatic heterocycles. The van der Waals surface area contributed by atoms with E-state index < -0.39 is 5.41 Å². The standard InChI is InChI=1S/C64H48N2/c1-43-19-29-52(30-20-43)65(53-31-27-49(28-32-53)48-25-23-47(24-26-48)46-13-7-4-8-14-46)54-33-35-56-57-36-34-55(66-62-37-21-44(2)39-58(62)59-40-45(3)22-38-63(59)66)42-61(57)64(60(56)41-54,50-15-9-5-10-16-50)51-17-11-6-12-18-51/h4-42H,1-3H3. The van der Waals surface area contributed by atoms with Crippen molar-refractivity contribution in [2.75, 3.05) is 4.90 Å². The van der Waals surface area contributed by atoms with Gasteiger partial charge in [0, 0.05) is 33.5 Å². The Labute approximate surface area is 387 Å². The van der Waals surface area contributed by atoms with Gasteiger partial charge in [0.15, 0.2) is 0 Å². The van der Waals surface area contributed by atoms with Crippen LogP contribution in [-0.2, 0) is 5.41 Å². The first-order chi connectivity index (χ1) is 32.4. The maximum atomic E-state index is 2.48. The fourth-order valence-corrected chi connectivity index (χ4v) is 10.7. The van der Waals surface area contributed by atoms with Crippen LogP contribution in [0.1, 0.15) is 38.9 Å². The Kier molecular flexibility index (Phi) is 9.43. The average Bonchev–Trinajstić information content (AvgIpc) is 3.84.